The highest BCUT2D eigenvalue weighted by Crippen LogP contribution is 2.13. The molecule has 6 heteroatoms. The highest BCUT2D eigenvalue weighted by molar-refractivity contribution is 7.11. The summed E-state index contributed by atoms with van der Waals surface area (Å²) in [4.78, 5) is 27.3. The van der Waals surface area contributed by atoms with Crippen LogP contribution in [0.3, 0.4) is 0 Å². The summed E-state index contributed by atoms with van der Waals surface area (Å²) in [7, 11) is 0. The van der Waals surface area contributed by atoms with E-state index in [2.05, 4.69) is 10.3 Å². The van der Waals surface area contributed by atoms with Gasteiger partial charge in [0, 0.05) is 10.9 Å². The van der Waals surface area contributed by atoms with E-state index in [0.717, 1.165) is 17.8 Å². The fourth-order valence-electron chi connectivity index (χ4n) is 1.12. The molecular formula is C12H18N2O3S. The molecule has 0 atom stereocenters. The Hall–Kier alpha value is -1.43. The van der Waals surface area contributed by atoms with Crippen LogP contribution in [-0.4, -0.2) is 29.0 Å². The maximum Gasteiger partial charge on any atom is 0.367 e. The van der Waals surface area contributed by atoms with Gasteiger partial charge in [-0.15, -0.1) is 11.3 Å². The second-order valence-electron chi connectivity index (χ2n) is 4.45. The van der Waals surface area contributed by atoms with Crippen LogP contribution in [0.2, 0.25) is 0 Å². The zero-order valence-corrected chi connectivity index (χ0v) is 11.9. The second-order valence-corrected chi connectivity index (χ2v) is 5.31. The van der Waals surface area contributed by atoms with Gasteiger partial charge in [0.15, 0.2) is 0 Å². The molecule has 1 heterocycles. The van der Waals surface area contributed by atoms with Crippen molar-refractivity contribution in [1.29, 1.82) is 0 Å². The summed E-state index contributed by atoms with van der Waals surface area (Å²) in [5, 5.41) is 4.63. The summed E-state index contributed by atoms with van der Waals surface area (Å²) < 4.78 is 4.82. The van der Waals surface area contributed by atoms with E-state index in [-0.39, 0.29) is 22.1 Å². The van der Waals surface area contributed by atoms with Crippen LogP contribution in [0.1, 0.15) is 54.4 Å². The first kappa shape index (κ1) is 14.6. The van der Waals surface area contributed by atoms with Crippen LogP contribution < -0.4 is 5.32 Å². The van der Waals surface area contributed by atoms with E-state index in [1.165, 1.54) is 0 Å². The maximum atomic E-state index is 11.9. The molecule has 1 N–H and O–H groups in total. The van der Waals surface area contributed by atoms with Gasteiger partial charge in [-0.1, -0.05) is 6.92 Å². The maximum absolute atomic E-state index is 11.9. The normalized spacial score (nSPS) is 11.1. The Kier molecular flexibility index (Phi) is 4.84. The molecular weight excluding hydrogens is 252 g/mol. The quantitative estimate of drug-likeness (QED) is 0.833. The van der Waals surface area contributed by atoms with Crippen LogP contribution >= 0.6 is 11.3 Å². The van der Waals surface area contributed by atoms with Crippen LogP contribution in [0.4, 0.5) is 0 Å². The monoisotopic (exact) mass is 270 g/mol. The minimum Gasteiger partial charge on any atom is -0.461 e. The van der Waals surface area contributed by atoms with Crippen molar-refractivity contribution in [3.8, 4) is 0 Å². The lowest BCUT2D eigenvalue weighted by Crippen LogP contribution is -2.42. The minimum atomic E-state index is -0.490. The molecule has 0 radical (unpaired) electrons. The van der Waals surface area contributed by atoms with E-state index in [9.17, 15) is 9.59 Å². The van der Waals surface area contributed by atoms with Gasteiger partial charge in [-0.3, -0.25) is 4.79 Å². The predicted molar refractivity (Wildman–Crippen MR) is 69.9 cm³/mol. The average molecular weight is 270 g/mol. The molecule has 0 aliphatic heterocycles. The summed E-state index contributed by atoms with van der Waals surface area (Å²) in [6, 6.07) is 0. The molecule has 0 aliphatic rings. The Morgan fingerprint density at radius 3 is 2.67 bits per heavy atom. The smallest absolute Gasteiger partial charge is 0.367 e. The fraction of sp³-hybridized carbons (Fsp3) is 0.583. The number of esters is 1. The zero-order chi connectivity index (χ0) is 13.8. The number of carbonyl (C=O) groups excluding carboxylic acids is 2. The van der Waals surface area contributed by atoms with Crippen molar-refractivity contribution < 1.29 is 14.3 Å². The number of carbonyl (C=O) groups is 2. The van der Waals surface area contributed by atoms with Gasteiger partial charge in [0.25, 0.3) is 5.91 Å². The summed E-state index contributed by atoms with van der Waals surface area (Å²) in [5.74, 6) is -0.759. The lowest BCUT2D eigenvalue weighted by Gasteiger charge is -2.23. The Bertz CT molecular complexity index is 440. The molecule has 5 nitrogen and oxygen atoms in total. The third kappa shape index (κ3) is 3.80. The summed E-state index contributed by atoms with van der Waals surface area (Å²) in [5.41, 5.74) is -0.0327. The molecule has 1 rings (SSSR count). The molecule has 0 aliphatic carbocycles. The van der Waals surface area contributed by atoms with Gasteiger partial charge in [0.1, 0.15) is 5.69 Å². The van der Waals surface area contributed by atoms with Gasteiger partial charge >= 0.3 is 5.97 Å². The lowest BCUT2D eigenvalue weighted by atomic mass is 10.0. The zero-order valence-electron chi connectivity index (χ0n) is 11.1. The van der Waals surface area contributed by atoms with Gasteiger partial charge < -0.3 is 10.1 Å². The minimum absolute atomic E-state index is 0.205. The van der Waals surface area contributed by atoms with Gasteiger partial charge in [0.2, 0.25) is 5.01 Å². The number of aromatic nitrogens is 1. The molecule has 0 unspecified atom stereocenters. The second kappa shape index (κ2) is 5.95. The first-order chi connectivity index (χ1) is 8.39. The van der Waals surface area contributed by atoms with Crippen molar-refractivity contribution >= 4 is 23.2 Å². The summed E-state index contributed by atoms with van der Waals surface area (Å²) in [6.45, 7) is 7.88. The third-order valence-electron chi connectivity index (χ3n) is 2.52. The molecule has 100 valence electrons. The highest BCUT2D eigenvalue weighted by Gasteiger charge is 2.22. The van der Waals surface area contributed by atoms with Crippen molar-refractivity contribution in [2.45, 2.75) is 39.7 Å². The average Bonchev–Trinajstić information content (AvgIpc) is 2.78. The largest absolute Gasteiger partial charge is 0.461 e. The molecule has 1 amide bonds. The van der Waals surface area contributed by atoms with E-state index >= 15 is 0 Å². The number of hydrogen-bond donors (Lipinski definition) is 1. The van der Waals surface area contributed by atoms with Crippen LogP contribution in [0, 0.1) is 0 Å². The Morgan fingerprint density at radius 1 is 1.44 bits per heavy atom. The predicted octanol–water partition coefficient (Wildman–Crippen LogP) is 2.24. The molecule has 0 spiro atoms. The number of rotatable bonds is 5. The van der Waals surface area contributed by atoms with E-state index in [0.29, 0.717) is 6.61 Å². The molecule has 1 aromatic heterocycles. The SMILES string of the molecule is CCOC(=O)c1nc(C(=O)NC(C)(C)CC)cs1. The van der Waals surface area contributed by atoms with Gasteiger partial charge in [-0.05, 0) is 27.2 Å². The summed E-state index contributed by atoms with van der Waals surface area (Å²) in [6.07, 6.45) is 0.813. The molecule has 18 heavy (non-hydrogen) atoms. The fourth-order valence-corrected chi connectivity index (χ4v) is 1.81. The highest BCUT2D eigenvalue weighted by atomic mass is 32.1. The molecule has 0 fully saturated rings. The standard InChI is InChI=1S/C12H18N2O3S/c1-5-12(3,4)14-9(15)8-7-18-10(13-8)11(16)17-6-2/h7H,5-6H2,1-4H3,(H,14,15). The van der Waals surface area contributed by atoms with Crippen LogP contribution in [0.5, 0.6) is 0 Å². The third-order valence-corrected chi connectivity index (χ3v) is 3.35. The molecule has 0 saturated heterocycles. The van der Waals surface area contributed by atoms with Crippen LogP contribution in [-0.2, 0) is 4.74 Å². The lowest BCUT2D eigenvalue weighted by molar-refractivity contribution is 0.0526. The van der Waals surface area contributed by atoms with E-state index in [4.69, 9.17) is 4.74 Å². The van der Waals surface area contributed by atoms with E-state index in [1.54, 1.807) is 12.3 Å². The number of hydrogen-bond acceptors (Lipinski definition) is 5. The Balaban J connectivity index is 2.74. The topological polar surface area (TPSA) is 68.3 Å². The van der Waals surface area contributed by atoms with Gasteiger partial charge in [-0.2, -0.15) is 0 Å². The van der Waals surface area contributed by atoms with Crippen molar-refractivity contribution in [2.75, 3.05) is 6.61 Å². The van der Waals surface area contributed by atoms with Crippen molar-refractivity contribution in [2.24, 2.45) is 0 Å². The number of nitrogens with one attached hydrogen (secondary N) is 1. The van der Waals surface area contributed by atoms with Gasteiger partial charge in [-0.25, -0.2) is 9.78 Å². The molecule has 0 aromatic carbocycles. The Morgan fingerprint density at radius 2 is 2.11 bits per heavy atom. The van der Waals surface area contributed by atoms with Gasteiger partial charge in [0.05, 0.1) is 6.61 Å². The van der Waals surface area contributed by atoms with E-state index in [1.807, 2.05) is 20.8 Å². The van der Waals surface area contributed by atoms with Crippen molar-refractivity contribution in [3.63, 3.8) is 0 Å². The number of thiazole rings is 1. The number of ether oxygens (including phenoxy) is 1. The Labute approximate surface area is 111 Å². The summed E-state index contributed by atoms with van der Waals surface area (Å²) >= 11 is 1.11. The van der Waals surface area contributed by atoms with Crippen molar-refractivity contribution in [1.82, 2.24) is 10.3 Å². The molecule has 0 bridgehead atoms. The molecule has 1 aromatic rings. The number of nitrogens with zero attached hydrogens (tertiary/aromatic N) is 1. The molecule has 0 saturated carbocycles. The van der Waals surface area contributed by atoms with Crippen LogP contribution in [0.15, 0.2) is 5.38 Å². The number of amides is 1. The first-order valence-corrected chi connectivity index (χ1v) is 6.72. The van der Waals surface area contributed by atoms with Crippen molar-refractivity contribution in [3.05, 3.63) is 16.1 Å². The first-order valence-electron chi connectivity index (χ1n) is 5.84. The van der Waals surface area contributed by atoms with E-state index < -0.39 is 5.97 Å². The van der Waals surface area contributed by atoms with Crippen LogP contribution in [0.25, 0.3) is 0 Å².